The van der Waals surface area contributed by atoms with E-state index in [0.29, 0.717) is 12.1 Å². The molecule has 4 nitrogen and oxygen atoms in total. The molecule has 0 bridgehead atoms. The standard InChI is InChI=1S/C26H43NO3.Ba.2H/c1-2-3-4-5-6-7-8-9-10-11-12-13-14-15-16-17-22-27-25(28)23-18-20-24(21-19-23)26(29)30;;;/h18-21H,2-17,22H2,1H3,(H,27,28)(H,29,30);;;/q;+2;2*-1. The molecule has 0 saturated heterocycles. The van der Waals surface area contributed by atoms with Crippen LogP contribution in [0, 0.1) is 0 Å². The molecule has 0 radical (unpaired) electrons. The summed E-state index contributed by atoms with van der Waals surface area (Å²) >= 11 is 0. The van der Waals surface area contributed by atoms with Gasteiger partial charge in [0, 0.05) is 12.1 Å². The van der Waals surface area contributed by atoms with Gasteiger partial charge in [-0.1, -0.05) is 103 Å². The second-order valence-electron chi connectivity index (χ2n) is 8.44. The molecule has 0 saturated carbocycles. The number of carbonyl (C=O) groups excluding carboxylic acids is 1. The van der Waals surface area contributed by atoms with Gasteiger partial charge < -0.3 is 13.3 Å². The van der Waals surface area contributed by atoms with E-state index in [9.17, 15) is 9.59 Å². The van der Waals surface area contributed by atoms with Crippen LogP contribution in [0.15, 0.2) is 24.3 Å². The van der Waals surface area contributed by atoms with Crippen LogP contribution in [-0.2, 0) is 0 Å². The number of carbonyl (C=O) groups is 2. The molecule has 0 unspecified atom stereocenters. The van der Waals surface area contributed by atoms with Crippen LogP contribution in [0.4, 0.5) is 0 Å². The fourth-order valence-electron chi connectivity index (χ4n) is 3.74. The maximum atomic E-state index is 12.0. The number of benzene rings is 1. The van der Waals surface area contributed by atoms with Crippen molar-refractivity contribution in [3.8, 4) is 0 Å². The molecule has 0 heterocycles. The first-order valence-electron chi connectivity index (χ1n) is 12.3. The van der Waals surface area contributed by atoms with E-state index in [4.69, 9.17) is 5.11 Å². The molecule has 0 aliphatic heterocycles. The fourth-order valence-corrected chi connectivity index (χ4v) is 3.74. The largest absolute Gasteiger partial charge is 2.00 e. The molecular formula is C26H45BaNO3. The Labute approximate surface area is 233 Å². The smallest absolute Gasteiger partial charge is 1.00 e. The third-order valence-corrected chi connectivity index (χ3v) is 5.71. The third kappa shape index (κ3) is 16.9. The average molecular weight is 557 g/mol. The number of hydrogen-bond acceptors (Lipinski definition) is 2. The summed E-state index contributed by atoms with van der Waals surface area (Å²) in [5.74, 6) is -1.11. The Balaban J connectivity index is -0.00000300. The minimum Gasteiger partial charge on any atom is -1.00 e. The predicted molar refractivity (Wildman–Crippen MR) is 133 cm³/mol. The van der Waals surface area contributed by atoms with Gasteiger partial charge in [0.1, 0.15) is 0 Å². The van der Waals surface area contributed by atoms with Crippen molar-refractivity contribution < 1.29 is 17.5 Å². The van der Waals surface area contributed by atoms with Crippen molar-refractivity contribution in [2.24, 2.45) is 0 Å². The summed E-state index contributed by atoms with van der Waals surface area (Å²) in [5, 5.41) is 11.8. The topological polar surface area (TPSA) is 66.4 Å². The molecule has 2 N–H and O–H groups in total. The van der Waals surface area contributed by atoms with Gasteiger partial charge in [-0.2, -0.15) is 0 Å². The van der Waals surface area contributed by atoms with Crippen molar-refractivity contribution >= 4 is 60.8 Å². The minimum atomic E-state index is -0.977. The third-order valence-electron chi connectivity index (χ3n) is 5.71. The Morgan fingerprint density at radius 3 is 1.42 bits per heavy atom. The van der Waals surface area contributed by atoms with E-state index in [0.717, 1.165) is 12.8 Å². The van der Waals surface area contributed by atoms with Gasteiger partial charge in [0.2, 0.25) is 0 Å². The van der Waals surface area contributed by atoms with Crippen molar-refractivity contribution in [2.75, 3.05) is 6.54 Å². The first-order valence-corrected chi connectivity index (χ1v) is 12.3. The van der Waals surface area contributed by atoms with Crippen molar-refractivity contribution in [3.05, 3.63) is 35.4 Å². The molecule has 5 heteroatoms. The average Bonchev–Trinajstić information content (AvgIpc) is 2.75. The second kappa shape index (κ2) is 21.6. The molecule has 0 aliphatic carbocycles. The van der Waals surface area contributed by atoms with E-state index in [2.05, 4.69) is 12.2 Å². The zero-order valence-corrected chi connectivity index (χ0v) is 24.2. The molecule has 1 aromatic carbocycles. The minimum absolute atomic E-state index is 0. The Bertz CT molecular complexity index is 585. The summed E-state index contributed by atoms with van der Waals surface area (Å²) in [6, 6.07) is 6.05. The van der Waals surface area contributed by atoms with Crippen LogP contribution in [0.25, 0.3) is 0 Å². The molecule has 0 atom stereocenters. The van der Waals surface area contributed by atoms with Crippen LogP contribution < -0.4 is 5.32 Å². The van der Waals surface area contributed by atoms with E-state index in [1.54, 1.807) is 12.1 Å². The van der Waals surface area contributed by atoms with Gasteiger partial charge in [-0.3, -0.25) is 4.79 Å². The molecule has 0 spiro atoms. The predicted octanol–water partition coefficient (Wildman–Crippen LogP) is 7.22. The number of unbranched alkanes of at least 4 members (excludes halogenated alkanes) is 15. The number of hydrogen-bond donors (Lipinski definition) is 2. The van der Waals surface area contributed by atoms with Crippen molar-refractivity contribution in [1.29, 1.82) is 0 Å². The first kappa shape index (κ1) is 30.7. The summed E-state index contributed by atoms with van der Waals surface area (Å²) in [4.78, 5) is 22.9. The number of amides is 1. The van der Waals surface area contributed by atoms with Crippen LogP contribution in [-0.4, -0.2) is 72.4 Å². The maximum Gasteiger partial charge on any atom is 2.00 e. The van der Waals surface area contributed by atoms with Crippen LogP contribution in [0.1, 0.15) is 133 Å². The Morgan fingerprint density at radius 2 is 1.03 bits per heavy atom. The molecule has 0 fully saturated rings. The molecule has 174 valence electrons. The van der Waals surface area contributed by atoms with Crippen molar-refractivity contribution in [2.45, 2.75) is 110 Å². The molecule has 0 aromatic heterocycles. The Kier molecular flexibility index (Phi) is 21.4. The van der Waals surface area contributed by atoms with E-state index in [-0.39, 0.29) is 63.2 Å². The fraction of sp³-hybridized carbons (Fsp3) is 0.692. The maximum absolute atomic E-state index is 12.0. The molecule has 31 heavy (non-hydrogen) atoms. The monoisotopic (exact) mass is 557 g/mol. The molecule has 1 aromatic rings. The van der Waals surface area contributed by atoms with E-state index in [1.807, 2.05) is 0 Å². The number of nitrogens with one attached hydrogen (secondary N) is 1. The number of carboxylic acids is 1. The van der Waals surface area contributed by atoms with Gasteiger partial charge in [-0.25, -0.2) is 4.79 Å². The first-order chi connectivity index (χ1) is 14.6. The van der Waals surface area contributed by atoms with Crippen molar-refractivity contribution in [3.63, 3.8) is 0 Å². The summed E-state index contributed by atoms with van der Waals surface area (Å²) in [5.41, 5.74) is 0.709. The van der Waals surface area contributed by atoms with Crippen LogP contribution in [0.5, 0.6) is 0 Å². The molecule has 1 rings (SSSR count). The van der Waals surface area contributed by atoms with Crippen molar-refractivity contribution in [1.82, 2.24) is 5.32 Å². The van der Waals surface area contributed by atoms with Crippen LogP contribution in [0.2, 0.25) is 0 Å². The zero-order chi connectivity index (χ0) is 21.9. The van der Waals surface area contributed by atoms with Gasteiger partial charge in [0.15, 0.2) is 0 Å². The number of carboxylic acid groups (broad SMARTS) is 1. The van der Waals surface area contributed by atoms with Gasteiger partial charge in [0.05, 0.1) is 5.56 Å². The molecule has 1 amide bonds. The van der Waals surface area contributed by atoms with E-state index in [1.165, 1.54) is 102 Å². The second-order valence-corrected chi connectivity index (χ2v) is 8.44. The quantitative estimate of drug-likeness (QED) is 0.140. The molecule has 0 aliphatic rings. The molecular weight excluding hydrogens is 512 g/mol. The van der Waals surface area contributed by atoms with Gasteiger partial charge in [-0.05, 0) is 30.7 Å². The zero-order valence-electron chi connectivity index (χ0n) is 21.8. The summed E-state index contributed by atoms with van der Waals surface area (Å²) in [7, 11) is 0. The SMILES string of the molecule is CCCCCCCCCCCCCCCCCCNC(=O)c1ccc(C(=O)O)cc1.[Ba+2].[H-].[H-]. The number of rotatable bonds is 19. The van der Waals surface area contributed by atoms with Crippen LogP contribution in [0.3, 0.4) is 0 Å². The van der Waals surface area contributed by atoms with E-state index < -0.39 is 5.97 Å². The Hall–Kier alpha value is -0.269. The van der Waals surface area contributed by atoms with Gasteiger partial charge in [-0.15, -0.1) is 0 Å². The summed E-state index contributed by atoms with van der Waals surface area (Å²) in [6.07, 6.45) is 21.4. The van der Waals surface area contributed by atoms with Crippen LogP contribution >= 0.6 is 0 Å². The summed E-state index contributed by atoms with van der Waals surface area (Å²) in [6.45, 7) is 2.95. The normalized spacial score (nSPS) is 10.5. The van der Waals surface area contributed by atoms with E-state index >= 15 is 0 Å². The summed E-state index contributed by atoms with van der Waals surface area (Å²) < 4.78 is 0. The number of aromatic carboxylic acids is 1. The Morgan fingerprint density at radius 1 is 0.677 bits per heavy atom. The van der Waals surface area contributed by atoms with Gasteiger partial charge >= 0.3 is 54.9 Å². The van der Waals surface area contributed by atoms with Gasteiger partial charge in [0.25, 0.3) is 5.91 Å².